The van der Waals surface area contributed by atoms with Crippen LogP contribution in [0.4, 0.5) is 0 Å². The van der Waals surface area contributed by atoms with Crippen molar-refractivity contribution >= 4 is 0 Å². The molecule has 0 atom stereocenters. The van der Waals surface area contributed by atoms with E-state index in [4.69, 9.17) is 28.4 Å². The Morgan fingerprint density at radius 1 is 0.452 bits per heavy atom. The number of fused-ring (bicyclic) bond motifs is 3. The van der Waals surface area contributed by atoms with E-state index in [1.54, 1.807) is 0 Å². The molecule has 0 aliphatic carbocycles. The van der Waals surface area contributed by atoms with E-state index in [1.165, 1.54) is 0 Å². The van der Waals surface area contributed by atoms with E-state index in [-0.39, 0.29) is 20.4 Å². The quantitative estimate of drug-likeness (QED) is 0.597. The number of hydrogen-bond acceptors (Lipinski definition) is 7. The van der Waals surface area contributed by atoms with Crippen LogP contribution in [0.2, 0.25) is 0 Å². The van der Waals surface area contributed by atoms with Crippen LogP contribution in [0.1, 0.15) is 16.7 Å². The summed E-state index contributed by atoms with van der Waals surface area (Å²) in [6.45, 7) is 3.07. The molecule has 31 heavy (non-hydrogen) atoms. The molecule has 3 heterocycles. The maximum atomic E-state index is 5.56. The van der Waals surface area contributed by atoms with E-state index >= 15 is 0 Å². The van der Waals surface area contributed by atoms with Crippen LogP contribution in [0, 0.1) is 0 Å². The van der Waals surface area contributed by atoms with Gasteiger partial charge >= 0.3 is 0 Å². The Labute approximate surface area is 179 Å². The third kappa shape index (κ3) is 3.68. The molecular formula is C24H21NO6. The highest BCUT2D eigenvalue weighted by molar-refractivity contribution is 5.46. The van der Waals surface area contributed by atoms with Crippen LogP contribution in [0.15, 0.2) is 54.6 Å². The van der Waals surface area contributed by atoms with Gasteiger partial charge in [-0.15, -0.1) is 0 Å². The Morgan fingerprint density at radius 2 is 0.774 bits per heavy atom. The predicted octanol–water partition coefficient (Wildman–Crippen LogP) is 4.08. The summed E-state index contributed by atoms with van der Waals surface area (Å²) in [5.41, 5.74) is 3.47. The van der Waals surface area contributed by atoms with Crippen molar-refractivity contribution < 1.29 is 28.4 Å². The monoisotopic (exact) mass is 419 g/mol. The van der Waals surface area contributed by atoms with Crippen LogP contribution in [0.25, 0.3) is 0 Å². The molecule has 0 saturated heterocycles. The summed E-state index contributed by atoms with van der Waals surface area (Å²) in [7, 11) is 0. The summed E-state index contributed by atoms with van der Waals surface area (Å²) >= 11 is 0. The summed E-state index contributed by atoms with van der Waals surface area (Å²) in [6.07, 6.45) is 0. The maximum Gasteiger partial charge on any atom is 0.231 e. The van der Waals surface area contributed by atoms with Crippen LogP contribution < -0.4 is 28.4 Å². The van der Waals surface area contributed by atoms with Crippen LogP contribution >= 0.6 is 0 Å². The Morgan fingerprint density at radius 3 is 1.13 bits per heavy atom. The van der Waals surface area contributed by atoms with Gasteiger partial charge in [0, 0.05) is 19.6 Å². The van der Waals surface area contributed by atoms with Crippen LogP contribution in [-0.2, 0) is 19.6 Å². The van der Waals surface area contributed by atoms with Gasteiger partial charge in [-0.1, -0.05) is 18.2 Å². The molecule has 0 N–H and O–H groups in total. The molecule has 0 radical (unpaired) electrons. The standard InChI is InChI=1S/C24H21NO6/c1-4-19-22(29-13-26-19)7-16(1)10-25(11-17-2-5-20-23(8-17)30-14-27-20)12-18-3-6-21-24(9-18)31-15-28-21/h1-9H,10-15H2. The average Bonchev–Trinajstić information content (AvgIpc) is 3.53. The summed E-state index contributed by atoms with van der Waals surface area (Å²) in [5, 5.41) is 0. The van der Waals surface area contributed by atoms with Gasteiger partial charge in [-0.05, 0) is 53.1 Å². The first kappa shape index (κ1) is 18.2. The topological polar surface area (TPSA) is 58.6 Å². The van der Waals surface area contributed by atoms with Crippen molar-refractivity contribution in [2.24, 2.45) is 0 Å². The van der Waals surface area contributed by atoms with E-state index in [9.17, 15) is 0 Å². The molecule has 0 bridgehead atoms. The van der Waals surface area contributed by atoms with Gasteiger partial charge in [0.2, 0.25) is 20.4 Å². The second kappa shape index (κ2) is 7.59. The number of hydrogen-bond donors (Lipinski definition) is 0. The van der Waals surface area contributed by atoms with Crippen molar-refractivity contribution in [3.8, 4) is 34.5 Å². The molecule has 0 amide bonds. The van der Waals surface area contributed by atoms with Gasteiger partial charge in [-0.3, -0.25) is 4.90 Å². The molecular weight excluding hydrogens is 398 g/mol. The summed E-state index contributed by atoms with van der Waals surface area (Å²) < 4.78 is 33.0. The lowest BCUT2D eigenvalue weighted by atomic mass is 10.1. The number of benzene rings is 3. The van der Waals surface area contributed by atoms with E-state index in [2.05, 4.69) is 41.3 Å². The molecule has 3 aliphatic heterocycles. The molecule has 158 valence electrons. The third-order valence-corrected chi connectivity index (χ3v) is 5.53. The first-order chi connectivity index (χ1) is 15.3. The molecule has 0 unspecified atom stereocenters. The van der Waals surface area contributed by atoms with Crippen LogP contribution in [0.5, 0.6) is 34.5 Å². The Balaban J connectivity index is 1.26. The van der Waals surface area contributed by atoms with Gasteiger partial charge in [0.05, 0.1) is 0 Å². The van der Waals surface area contributed by atoms with E-state index in [0.29, 0.717) is 0 Å². The Kier molecular flexibility index (Phi) is 4.46. The van der Waals surface area contributed by atoms with Crippen molar-refractivity contribution in [1.29, 1.82) is 0 Å². The summed E-state index contributed by atoms with van der Waals surface area (Å²) in [4.78, 5) is 2.37. The van der Waals surface area contributed by atoms with Gasteiger partial charge in [0.15, 0.2) is 34.5 Å². The van der Waals surface area contributed by atoms with E-state index in [1.807, 2.05) is 18.2 Å². The van der Waals surface area contributed by atoms with Gasteiger partial charge in [-0.25, -0.2) is 0 Å². The van der Waals surface area contributed by atoms with Crippen LogP contribution in [-0.4, -0.2) is 25.3 Å². The molecule has 7 heteroatoms. The second-order valence-corrected chi connectivity index (χ2v) is 7.71. The lowest BCUT2D eigenvalue weighted by Gasteiger charge is -2.23. The highest BCUT2D eigenvalue weighted by Crippen LogP contribution is 2.36. The van der Waals surface area contributed by atoms with E-state index < -0.39 is 0 Å². The lowest BCUT2D eigenvalue weighted by molar-refractivity contribution is 0.173. The molecule has 3 aliphatic rings. The molecule has 6 rings (SSSR count). The third-order valence-electron chi connectivity index (χ3n) is 5.53. The number of ether oxygens (including phenoxy) is 6. The van der Waals surface area contributed by atoms with Gasteiger partial charge < -0.3 is 28.4 Å². The molecule has 3 aromatic rings. The fraction of sp³-hybridized carbons (Fsp3) is 0.250. The minimum atomic E-state index is 0.275. The first-order valence-electron chi connectivity index (χ1n) is 10.2. The molecule has 0 fully saturated rings. The van der Waals surface area contributed by atoms with Crippen LogP contribution in [0.3, 0.4) is 0 Å². The molecule has 0 saturated carbocycles. The summed E-state index contributed by atoms with van der Waals surface area (Å²) in [5.74, 6) is 4.77. The molecule has 0 spiro atoms. The van der Waals surface area contributed by atoms with Crippen molar-refractivity contribution in [2.45, 2.75) is 19.6 Å². The zero-order valence-electron chi connectivity index (χ0n) is 16.8. The largest absolute Gasteiger partial charge is 0.454 e. The fourth-order valence-electron chi connectivity index (χ4n) is 4.06. The van der Waals surface area contributed by atoms with Crippen molar-refractivity contribution in [3.05, 3.63) is 71.3 Å². The average molecular weight is 419 g/mol. The van der Waals surface area contributed by atoms with Crippen molar-refractivity contribution in [3.63, 3.8) is 0 Å². The zero-order chi connectivity index (χ0) is 20.6. The van der Waals surface area contributed by atoms with Gasteiger partial charge in [-0.2, -0.15) is 0 Å². The smallest absolute Gasteiger partial charge is 0.231 e. The van der Waals surface area contributed by atoms with Crippen molar-refractivity contribution in [2.75, 3.05) is 20.4 Å². The van der Waals surface area contributed by atoms with Gasteiger partial charge in [0.25, 0.3) is 0 Å². The molecule has 3 aromatic carbocycles. The highest BCUT2D eigenvalue weighted by Gasteiger charge is 2.19. The highest BCUT2D eigenvalue weighted by atomic mass is 16.7. The SMILES string of the molecule is c1cc2c(cc1CN(Cc1ccc3c(c1)OCO3)Cc1ccc3c(c1)OCO3)OCO2. The van der Waals surface area contributed by atoms with E-state index in [0.717, 1.165) is 70.8 Å². The number of rotatable bonds is 6. The maximum absolute atomic E-state index is 5.56. The fourth-order valence-corrected chi connectivity index (χ4v) is 4.06. The second-order valence-electron chi connectivity index (χ2n) is 7.71. The minimum Gasteiger partial charge on any atom is -0.454 e. The molecule has 7 nitrogen and oxygen atoms in total. The predicted molar refractivity (Wildman–Crippen MR) is 111 cm³/mol. The van der Waals surface area contributed by atoms with Gasteiger partial charge in [0.1, 0.15) is 0 Å². The normalized spacial score (nSPS) is 15.0. The molecule has 0 aromatic heterocycles. The Bertz CT molecular complexity index is 990. The first-order valence-corrected chi connectivity index (χ1v) is 10.2. The zero-order valence-corrected chi connectivity index (χ0v) is 16.8. The van der Waals surface area contributed by atoms with Crippen molar-refractivity contribution in [1.82, 2.24) is 4.90 Å². The Hall–Kier alpha value is -3.58. The summed E-state index contributed by atoms with van der Waals surface area (Å²) in [6, 6.07) is 18.3. The minimum absolute atomic E-state index is 0.275. The number of nitrogens with zero attached hydrogens (tertiary/aromatic N) is 1. The lowest BCUT2D eigenvalue weighted by Crippen LogP contribution is -2.22.